The van der Waals surface area contributed by atoms with Crippen LogP contribution in [0.4, 0.5) is 10.1 Å². The molecular formula is C11H14FNO3. The van der Waals surface area contributed by atoms with E-state index in [1.807, 2.05) is 0 Å². The normalized spacial score (nSPS) is 9.88. The predicted molar refractivity (Wildman–Crippen MR) is 58.3 cm³/mol. The lowest BCUT2D eigenvalue weighted by molar-refractivity contribution is 0.0596. The van der Waals surface area contributed by atoms with Crippen LogP contribution in [0.3, 0.4) is 0 Å². The third-order valence-corrected chi connectivity index (χ3v) is 1.94. The lowest BCUT2D eigenvalue weighted by Crippen LogP contribution is -2.07. The van der Waals surface area contributed by atoms with Crippen LogP contribution >= 0.6 is 0 Å². The zero-order valence-electron chi connectivity index (χ0n) is 9.03. The van der Waals surface area contributed by atoms with Gasteiger partial charge < -0.3 is 15.2 Å². The monoisotopic (exact) mass is 227 g/mol. The number of hydrogen-bond acceptors (Lipinski definition) is 4. The van der Waals surface area contributed by atoms with Crippen LogP contribution in [-0.4, -0.2) is 26.4 Å². The minimum atomic E-state index is -0.525. The Kier molecular flexibility index (Phi) is 4.57. The van der Waals surface area contributed by atoms with Gasteiger partial charge in [-0.25, -0.2) is 4.79 Å². The van der Waals surface area contributed by atoms with E-state index in [1.165, 1.54) is 13.2 Å². The van der Waals surface area contributed by atoms with E-state index in [9.17, 15) is 9.18 Å². The van der Waals surface area contributed by atoms with E-state index in [2.05, 4.69) is 4.74 Å². The second-order valence-electron chi connectivity index (χ2n) is 3.14. The molecule has 0 atom stereocenters. The van der Waals surface area contributed by atoms with Crippen molar-refractivity contribution < 1.29 is 18.7 Å². The summed E-state index contributed by atoms with van der Waals surface area (Å²) in [5, 5.41) is 0. The number of carbonyl (C=O) groups excluding carboxylic acids is 1. The maximum Gasteiger partial charge on any atom is 0.341 e. The fourth-order valence-corrected chi connectivity index (χ4v) is 1.18. The number of esters is 1. The summed E-state index contributed by atoms with van der Waals surface area (Å²) in [6, 6.07) is 4.65. The lowest BCUT2D eigenvalue weighted by atomic mass is 10.2. The van der Waals surface area contributed by atoms with Gasteiger partial charge in [0.15, 0.2) is 0 Å². The van der Waals surface area contributed by atoms with E-state index in [1.54, 1.807) is 12.1 Å². The summed E-state index contributed by atoms with van der Waals surface area (Å²) in [6.45, 7) is -0.243. The molecule has 5 heteroatoms. The number of nitrogen functional groups attached to an aromatic ring is 1. The van der Waals surface area contributed by atoms with Crippen molar-refractivity contribution in [1.29, 1.82) is 0 Å². The molecule has 4 nitrogen and oxygen atoms in total. The smallest absolute Gasteiger partial charge is 0.341 e. The van der Waals surface area contributed by atoms with Gasteiger partial charge in [-0.2, -0.15) is 0 Å². The summed E-state index contributed by atoms with van der Waals surface area (Å²) in [7, 11) is 1.27. The van der Waals surface area contributed by atoms with Crippen LogP contribution in [0, 0.1) is 0 Å². The highest BCUT2D eigenvalue weighted by Gasteiger charge is 2.13. The second-order valence-corrected chi connectivity index (χ2v) is 3.14. The molecule has 16 heavy (non-hydrogen) atoms. The van der Waals surface area contributed by atoms with E-state index < -0.39 is 12.6 Å². The van der Waals surface area contributed by atoms with Gasteiger partial charge in [-0.3, -0.25) is 4.39 Å². The number of alkyl halides is 1. The highest BCUT2D eigenvalue weighted by Crippen LogP contribution is 2.22. The highest BCUT2D eigenvalue weighted by molar-refractivity contribution is 5.93. The number of ether oxygens (including phenoxy) is 2. The topological polar surface area (TPSA) is 61.5 Å². The first kappa shape index (κ1) is 12.3. The fraction of sp³-hybridized carbons (Fsp3) is 0.364. The maximum atomic E-state index is 11.9. The molecule has 0 amide bonds. The van der Waals surface area contributed by atoms with E-state index in [-0.39, 0.29) is 18.6 Å². The Morgan fingerprint density at radius 2 is 2.25 bits per heavy atom. The van der Waals surface area contributed by atoms with Crippen LogP contribution in [0.1, 0.15) is 16.8 Å². The van der Waals surface area contributed by atoms with Crippen LogP contribution in [0.25, 0.3) is 0 Å². The molecule has 0 heterocycles. The summed E-state index contributed by atoms with van der Waals surface area (Å²) in [6.07, 6.45) is 0.283. The first-order valence-electron chi connectivity index (χ1n) is 4.85. The number of methoxy groups -OCH3 is 1. The SMILES string of the molecule is COC(=O)c1cc(N)ccc1OCCCF. The summed E-state index contributed by atoms with van der Waals surface area (Å²) in [5.74, 6) is -0.169. The van der Waals surface area contributed by atoms with Gasteiger partial charge in [-0.1, -0.05) is 0 Å². The molecule has 0 unspecified atom stereocenters. The molecule has 0 spiro atoms. The van der Waals surface area contributed by atoms with Crippen LogP contribution in [0.2, 0.25) is 0 Å². The first-order chi connectivity index (χ1) is 7.69. The number of anilines is 1. The quantitative estimate of drug-likeness (QED) is 0.473. The van der Waals surface area contributed by atoms with Gasteiger partial charge in [0.1, 0.15) is 11.3 Å². The van der Waals surface area contributed by atoms with Crippen molar-refractivity contribution in [2.75, 3.05) is 26.1 Å². The number of hydrogen-bond donors (Lipinski definition) is 1. The predicted octanol–water partition coefficient (Wildman–Crippen LogP) is 1.79. The molecule has 0 bridgehead atoms. The molecule has 0 saturated carbocycles. The third kappa shape index (κ3) is 3.12. The van der Waals surface area contributed by atoms with Gasteiger partial charge in [-0.15, -0.1) is 0 Å². The van der Waals surface area contributed by atoms with Crippen molar-refractivity contribution in [1.82, 2.24) is 0 Å². The second kappa shape index (κ2) is 5.95. The summed E-state index contributed by atoms with van der Waals surface area (Å²) in [4.78, 5) is 11.4. The Bertz CT molecular complexity index is 368. The Morgan fingerprint density at radius 1 is 1.50 bits per heavy atom. The molecule has 0 aliphatic carbocycles. The van der Waals surface area contributed by atoms with Crippen molar-refractivity contribution in [3.05, 3.63) is 23.8 Å². The zero-order valence-corrected chi connectivity index (χ0v) is 9.03. The Labute approximate surface area is 93.2 Å². The number of rotatable bonds is 5. The Morgan fingerprint density at radius 3 is 2.88 bits per heavy atom. The van der Waals surface area contributed by atoms with Gasteiger partial charge in [0.25, 0.3) is 0 Å². The van der Waals surface area contributed by atoms with Crippen molar-refractivity contribution >= 4 is 11.7 Å². The van der Waals surface area contributed by atoms with Gasteiger partial charge in [0.05, 0.1) is 20.4 Å². The van der Waals surface area contributed by atoms with Crippen molar-refractivity contribution in [2.45, 2.75) is 6.42 Å². The Balaban J connectivity index is 2.85. The maximum absolute atomic E-state index is 11.9. The summed E-state index contributed by atoms with van der Waals surface area (Å²) >= 11 is 0. The summed E-state index contributed by atoms with van der Waals surface area (Å²) < 4.78 is 21.7. The van der Waals surface area contributed by atoms with E-state index >= 15 is 0 Å². The van der Waals surface area contributed by atoms with Gasteiger partial charge in [-0.05, 0) is 18.2 Å². The molecular weight excluding hydrogens is 213 g/mol. The number of nitrogens with two attached hydrogens (primary N) is 1. The minimum absolute atomic E-state index is 0.213. The molecule has 0 aromatic heterocycles. The van der Waals surface area contributed by atoms with Gasteiger partial charge >= 0.3 is 5.97 Å². The molecule has 1 aromatic carbocycles. The Hall–Kier alpha value is -1.78. The number of benzene rings is 1. The van der Waals surface area contributed by atoms with E-state index in [4.69, 9.17) is 10.5 Å². The van der Waals surface area contributed by atoms with Gasteiger partial charge in [0.2, 0.25) is 0 Å². The third-order valence-electron chi connectivity index (χ3n) is 1.94. The van der Waals surface area contributed by atoms with Crippen molar-refractivity contribution in [3.8, 4) is 5.75 Å². The van der Waals surface area contributed by atoms with E-state index in [0.717, 1.165) is 0 Å². The summed E-state index contributed by atoms with van der Waals surface area (Å²) in [5.41, 5.74) is 6.25. The number of carbonyl (C=O) groups is 1. The molecule has 1 aromatic rings. The average Bonchev–Trinajstić information content (AvgIpc) is 2.30. The molecule has 2 N–H and O–H groups in total. The molecule has 0 aliphatic heterocycles. The van der Waals surface area contributed by atoms with Crippen LogP contribution in [0.5, 0.6) is 5.75 Å². The van der Waals surface area contributed by atoms with Crippen LogP contribution < -0.4 is 10.5 Å². The largest absolute Gasteiger partial charge is 0.493 e. The van der Waals surface area contributed by atoms with Crippen LogP contribution in [0.15, 0.2) is 18.2 Å². The molecule has 0 saturated heterocycles. The molecule has 0 aliphatic rings. The molecule has 88 valence electrons. The minimum Gasteiger partial charge on any atom is -0.493 e. The zero-order chi connectivity index (χ0) is 12.0. The van der Waals surface area contributed by atoms with Gasteiger partial charge in [0, 0.05) is 12.1 Å². The average molecular weight is 227 g/mol. The molecule has 1 rings (SSSR count). The lowest BCUT2D eigenvalue weighted by Gasteiger charge is -2.10. The molecule has 0 radical (unpaired) electrons. The van der Waals surface area contributed by atoms with Crippen LogP contribution in [-0.2, 0) is 4.74 Å². The first-order valence-corrected chi connectivity index (χ1v) is 4.85. The van der Waals surface area contributed by atoms with E-state index in [0.29, 0.717) is 11.4 Å². The highest BCUT2D eigenvalue weighted by atomic mass is 19.1. The fourth-order valence-electron chi connectivity index (χ4n) is 1.18. The molecule has 0 fully saturated rings. The number of halogens is 1. The van der Waals surface area contributed by atoms with Crippen molar-refractivity contribution in [3.63, 3.8) is 0 Å². The van der Waals surface area contributed by atoms with Crippen molar-refractivity contribution in [2.24, 2.45) is 0 Å². The standard InChI is InChI=1S/C11H14FNO3/c1-15-11(14)9-7-8(13)3-4-10(9)16-6-2-5-12/h3-4,7H,2,5-6,13H2,1H3.